The Morgan fingerprint density at radius 2 is 2.09 bits per heavy atom. The molecule has 0 atom stereocenters. The van der Waals surface area contributed by atoms with E-state index in [1.807, 2.05) is 24.3 Å². The van der Waals surface area contributed by atoms with Crippen molar-refractivity contribution < 1.29 is 14.6 Å². The van der Waals surface area contributed by atoms with E-state index in [-0.39, 0.29) is 0 Å². The van der Waals surface area contributed by atoms with Crippen LogP contribution in [0.5, 0.6) is 5.06 Å². The molecule has 0 saturated heterocycles. The monoisotopic (exact) mass is 337 g/mol. The lowest BCUT2D eigenvalue weighted by molar-refractivity contribution is 0.146. The quantitative estimate of drug-likeness (QED) is 0.858. The molecule has 4 nitrogen and oxygen atoms in total. The van der Waals surface area contributed by atoms with Crippen molar-refractivity contribution in [2.45, 2.75) is 19.4 Å². The summed E-state index contributed by atoms with van der Waals surface area (Å²) < 4.78 is 4.75. The Hall–Kier alpha value is -1.56. The summed E-state index contributed by atoms with van der Waals surface area (Å²) in [5, 5.41) is 9.95. The minimum absolute atomic E-state index is 0.469. The Morgan fingerprint density at radius 1 is 1.32 bits per heavy atom. The molecule has 6 heteroatoms. The maximum atomic E-state index is 10.6. The van der Waals surface area contributed by atoms with Crippen LogP contribution in [-0.2, 0) is 19.4 Å². The molecular weight excluding hydrogens is 322 g/mol. The first kappa shape index (κ1) is 15.3. The third-order valence-electron chi connectivity index (χ3n) is 3.77. The van der Waals surface area contributed by atoms with Crippen molar-refractivity contribution >= 4 is 29.1 Å². The van der Waals surface area contributed by atoms with Gasteiger partial charge in [-0.2, -0.15) is 0 Å². The van der Waals surface area contributed by atoms with Gasteiger partial charge in [-0.05, 0) is 36.1 Å². The molecule has 1 aliphatic heterocycles. The summed E-state index contributed by atoms with van der Waals surface area (Å²) in [6, 6.07) is 9.77. The Kier molecular flexibility index (Phi) is 4.66. The summed E-state index contributed by atoms with van der Waals surface area (Å²) in [7, 11) is 0. The molecule has 0 amide bonds. The third-order valence-corrected chi connectivity index (χ3v) is 5.25. The highest BCUT2D eigenvalue weighted by atomic mass is 35.5. The molecule has 1 N–H and O–H groups in total. The van der Waals surface area contributed by atoms with Gasteiger partial charge in [0.25, 0.3) is 0 Å². The molecule has 0 bridgehead atoms. The highest BCUT2D eigenvalue weighted by Crippen LogP contribution is 2.32. The van der Waals surface area contributed by atoms with E-state index in [9.17, 15) is 4.79 Å². The first-order chi connectivity index (χ1) is 10.6. The number of carboxylic acid groups (broad SMARTS) is 1. The second-order valence-electron chi connectivity index (χ2n) is 5.25. The number of carbonyl (C=O) groups is 1. The number of hydrogen-bond acceptors (Lipinski definition) is 4. The molecule has 0 saturated carbocycles. The molecule has 0 unspecified atom stereocenters. The predicted octanol–water partition coefficient (Wildman–Crippen LogP) is 4.06. The fourth-order valence-corrected chi connectivity index (χ4v) is 3.91. The molecule has 1 aliphatic rings. The average Bonchev–Trinajstić information content (AvgIpc) is 2.75. The zero-order valence-electron chi connectivity index (χ0n) is 11.9. The van der Waals surface area contributed by atoms with Crippen LogP contribution in [-0.4, -0.2) is 29.3 Å². The molecular formula is C16H16ClNO3S. The van der Waals surface area contributed by atoms with Crippen LogP contribution in [0, 0.1) is 0 Å². The normalized spacial score (nSPS) is 15.1. The molecule has 2 aromatic rings. The van der Waals surface area contributed by atoms with Crippen LogP contribution < -0.4 is 4.74 Å². The van der Waals surface area contributed by atoms with E-state index in [2.05, 4.69) is 11.0 Å². The summed E-state index contributed by atoms with van der Waals surface area (Å²) in [4.78, 5) is 14.2. The van der Waals surface area contributed by atoms with E-state index in [1.54, 1.807) is 0 Å². The summed E-state index contributed by atoms with van der Waals surface area (Å²) in [6.07, 6.45) is 0.559. The maximum absolute atomic E-state index is 10.6. The fourth-order valence-electron chi connectivity index (χ4n) is 2.67. The minimum atomic E-state index is -1.25. The van der Waals surface area contributed by atoms with Crippen LogP contribution >= 0.6 is 22.9 Å². The van der Waals surface area contributed by atoms with Crippen molar-refractivity contribution in [3.05, 3.63) is 51.4 Å². The standard InChI is InChI=1S/C16H16ClNO3S/c17-13-4-2-1-3-12(13)10-18-7-5-11-9-15(21-16(19)20)22-14(11)6-8-18/h1-4,9H,5-8,10H2,(H,19,20). The Labute approximate surface area is 137 Å². The molecule has 22 heavy (non-hydrogen) atoms. The highest BCUT2D eigenvalue weighted by Gasteiger charge is 2.19. The van der Waals surface area contributed by atoms with Crippen LogP contribution in [0.1, 0.15) is 16.0 Å². The van der Waals surface area contributed by atoms with E-state index >= 15 is 0 Å². The molecule has 2 heterocycles. The smallest absolute Gasteiger partial charge is 0.449 e. The van der Waals surface area contributed by atoms with Gasteiger partial charge < -0.3 is 9.84 Å². The first-order valence-electron chi connectivity index (χ1n) is 7.10. The zero-order valence-corrected chi connectivity index (χ0v) is 13.5. The lowest BCUT2D eigenvalue weighted by atomic mass is 10.2. The van der Waals surface area contributed by atoms with Crippen molar-refractivity contribution in [3.63, 3.8) is 0 Å². The molecule has 0 spiro atoms. The summed E-state index contributed by atoms with van der Waals surface area (Å²) in [5.41, 5.74) is 2.34. The summed E-state index contributed by atoms with van der Waals surface area (Å²) in [5.74, 6) is 0. The van der Waals surface area contributed by atoms with Gasteiger partial charge in [-0.25, -0.2) is 4.79 Å². The van der Waals surface area contributed by atoms with Crippen LogP contribution in [0.2, 0.25) is 5.02 Å². The van der Waals surface area contributed by atoms with Gasteiger partial charge in [-0.3, -0.25) is 4.90 Å². The number of fused-ring (bicyclic) bond motifs is 1. The summed E-state index contributed by atoms with van der Waals surface area (Å²) >= 11 is 7.66. The van der Waals surface area contributed by atoms with Crippen molar-refractivity contribution in [1.29, 1.82) is 0 Å². The van der Waals surface area contributed by atoms with Crippen LogP contribution in [0.25, 0.3) is 0 Å². The molecule has 1 aromatic carbocycles. The topological polar surface area (TPSA) is 49.8 Å². The van der Waals surface area contributed by atoms with Crippen molar-refractivity contribution in [2.24, 2.45) is 0 Å². The van der Waals surface area contributed by atoms with Gasteiger partial charge in [0.2, 0.25) is 0 Å². The van der Waals surface area contributed by atoms with E-state index in [0.29, 0.717) is 5.06 Å². The SMILES string of the molecule is O=C(O)Oc1cc2c(s1)CCN(Cc1ccccc1Cl)CC2. The number of hydrogen-bond donors (Lipinski definition) is 1. The lowest BCUT2D eigenvalue weighted by Gasteiger charge is -2.20. The first-order valence-corrected chi connectivity index (χ1v) is 8.29. The Bertz CT molecular complexity index is 660. The molecule has 116 valence electrons. The molecule has 0 aliphatic carbocycles. The third kappa shape index (κ3) is 3.61. The van der Waals surface area contributed by atoms with Crippen LogP contribution in [0.4, 0.5) is 4.79 Å². The minimum Gasteiger partial charge on any atom is -0.449 e. The molecule has 0 fully saturated rings. The number of ether oxygens (including phenoxy) is 1. The second kappa shape index (κ2) is 6.69. The van der Waals surface area contributed by atoms with Crippen molar-refractivity contribution in [2.75, 3.05) is 13.1 Å². The predicted molar refractivity (Wildman–Crippen MR) is 87.1 cm³/mol. The number of benzene rings is 1. The molecule has 1 aromatic heterocycles. The second-order valence-corrected chi connectivity index (χ2v) is 6.76. The van der Waals surface area contributed by atoms with E-state index in [0.717, 1.165) is 43.1 Å². The number of thiophene rings is 1. The Balaban J connectivity index is 1.65. The van der Waals surface area contributed by atoms with E-state index in [1.165, 1.54) is 21.8 Å². The van der Waals surface area contributed by atoms with Crippen molar-refractivity contribution in [3.8, 4) is 5.06 Å². The Morgan fingerprint density at radius 3 is 2.86 bits per heavy atom. The highest BCUT2D eigenvalue weighted by molar-refractivity contribution is 7.14. The lowest BCUT2D eigenvalue weighted by Crippen LogP contribution is -2.26. The van der Waals surface area contributed by atoms with Gasteiger partial charge in [0.15, 0.2) is 5.06 Å². The summed E-state index contributed by atoms with van der Waals surface area (Å²) in [6.45, 7) is 2.71. The largest absolute Gasteiger partial charge is 0.512 e. The van der Waals surface area contributed by atoms with Gasteiger partial charge in [0.05, 0.1) is 0 Å². The number of rotatable bonds is 3. The molecule has 0 radical (unpaired) electrons. The number of nitrogens with zero attached hydrogens (tertiary/aromatic N) is 1. The zero-order chi connectivity index (χ0) is 15.5. The van der Waals surface area contributed by atoms with Crippen LogP contribution in [0.3, 0.4) is 0 Å². The fraction of sp³-hybridized carbons (Fsp3) is 0.312. The van der Waals surface area contributed by atoms with Gasteiger partial charge in [-0.15, -0.1) is 11.3 Å². The average molecular weight is 338 g/mol. The van der Waals surface area contributed by atoms with Gasteiger partial charge in [0.1, 0.15) is 0 Å². The van der Waals surface area contributed by atoms with Crippen molar-refractivity contribution in [1.82, 2.24) is 4.90 Å². The maximum Gasteiger partial charge on any atom is 0.512 e. The van der Waals surface area contributed by atoms with E-state index in [4.69, 9.17) is 21.4 Å². The van der Waals surface area contributed by atoms with Gasteiger partial charge in [-0.1, -0.05) is 29.8 Å². The van der Waals surface area contributed by atoms with E-state index < -0.39 is 6.16 Å². The van der Waals surface area contributed by atoms with Gasteiger partial charge in [0, 0.05) is 29.5 Å². The molecule has 3 rings (SSSR count). The van der Waals surface area contributed by atoms with Gasteiger partial charge >= 0.3 is 6.16 Å². The van der Waals surface area contributed by atoms with Crippen LogP contribution in [0.15, 0.2) is 30.3 Å². The number of halogens is 1.